The molecular formula is C21H35N3O2SSi. The Labute approximate surface area is 172 Å². The van der Waals surface area contributed by atoms with Crippen LogP contribution in [0.1, 0.15) is 45.2 Å². The highest BCUT2D eigenvalue weighted by Gasteiger charge is 2.35. The normalized spacial score (nSPS) is 17.8. The molecule has 3 rings (SSSR count). The quantitative estimate of drug-likeness (QED) is 0.465. The Kier molecular flexibility index (Phi) is 6.49. The number of nitrogens with zero attached hydrogens (tertiary/aromatic N) is 2. The monoisotopic (exact) mass is 421 g/mol. The molecule has 7 heteroatoms. The van der Waals surface area contributed by atoms with E-state index in [-0.39, 0.29) is 10.8 Å². The van der Waals surface area contributed by atoms with E-state index in [4.69, 9.17) is 4.74 Å². The third kappa shape index (κ3) is 5.75. The van der Waals surface area contributed by atoms with Gasteiger partial charge in [-0.05, 0) is 63.3 Å². The first-order chi connectivity index (χ1) is 13.0. The number of fused-ring (bicyclic) bond motifs is 1. The number of imidazole rings is 1. The molecule has 0 amide bonds. The van der Waals surface area contributed by atoms with E-state index in [0.717, 1.165) is 23.7 Å². The first-order valence-electron chi connectivity index (χ1n) is 10.3. The molecule has 2 atom stereocenters. The van der Waals surface area contributed by atoms with E-state index >= 15 is 0 Å². The van der Waals surface area contributed by atoms with E-state index in [1.807, 2.05) is 27.1 Å². The van der Waals surface area contributed by atoms with E-state index in [9.17, 15) is 4.21 Å². The standard InChI is InChI=1S/C21H35N3O2SSi/c1-21(2,3)27(25)23-20(16-7-8-16)17-9-10-18-19(13-17)24(14-22-18)15-26-11-12-28(4,5)6/h9-10,13-14,16,20,23H,7-8,11-12,15H2,1-6H3/t20-,27+/m1/s1. The van der Waals surface area contributed by atoms with Crippen LogP contribution in [0.2, 0.25) is 25.7 Å². The molecule has 1 aliphatic rings. The topological polar surface area (TPSA) is 56.2 Å². The van der Waals surface area contributed by atoms with Gasteiger partial charge in [0.25, 0.3) is 0 Å². The number of aromatic nitrogens is 2. The molecule has 0 bridgehead atoms. The lowest BCUT2D eigenvalue weighted by Crippen LogP contribution is -2.36. The zero-order chi connectivity index (χ0) is 20.5. The number of hydrogen-bond acceptors (Lipinski definition) is 3. The summed E-state index contributed by atoms with van der Waals surface area (Å²) >= 11 is 0. The third-order valence-corrected chi connectivity index (χ3v) is 8.40. The van der Waals surface area contributed by atoms with Crippen LogP contribution in [0.3, 0.4) is 0 Å². The maximum atomic E-state index is 12.7. The smallest absolute Gasteiger partial charge is 0.124 e. The average molecular weight is 422 g/mol. The molecule has 28 heavy (non-hydrogen) atoms. The molecule has 0 radical (unpaired) electrons. The molecule has 0 aliphatic heterocycles. The van der Waals surface area contributed by atoms with Crippen molar-refractivity contribution in [3.63, 3.8) is 0 Å². The van der Waals surface area contributed by atoms with Gasteiger partial charge in [0, 0.05) is 20.7 Å². The Balaban J connectivity index is 1.75. The van der Waals surface area contributed by atoms with E-state index < -0.39 is 19.1 Å². The number of hydrogen-bond donors (Lipinski definition) is 1. The van der Waals surface area contributed by atoms with Gasteiger partial charge in [-0.3, -0.25) is 0 Å². The number of ether oxygens (including phenoxy) is 1. The van der Waals surface area contributed by atoms with Gasteiger partial charge in [-0.25, -0.2) is 13.9 Å². The Hall–Kier alpha value is -1.02. The molecule has 2 aromatic rings. The Morgan fingerprint density at radius 1 is 1.32 bits per heavy atom. The fourth-order valence-corrected chi connectivity index (χ4v) is 4.74. The lowest BCUT2D eigenvalue weighted by atomic mass is 10.0. The summed E-state index contributed by atoms with van der Waals surface area (Å²) in [6, 6.07) is 7.68. The average Bonchev–Trinajstić information content (AvgIpc) is 3.35. The van der Waals surface area contributed by atoms with Crippen molar-refractivity contribution in [1.82, 2.24) is 14.3 Å². The van der Waals surface area contributed by atoms with Crippen LogP contribution in [0.25, 0.3) is 11.0 Å². The van der Waals surface area contributed by atoms with Crippen molar-refractivity contribution in [2.24, 2.45) is 5.92 Å². The predicted octanol–water partition coefficient (Wildman–Crippen LogP) is 4.85. The van der Waals surface area contributed by atoms with Gasteiger partial charge >= 0.3 is 0 Å². The molecule has 1 saturated carbocycles. The van der Waals surface area contributed by atoms with Crippen LogP contribution in [0.4, 0.5) is 0 Å². The molecule has 5 nitrogen and oxygen atoms in total. The van der Waals surface area contributed by atoms with Crippen molar-refractivity contribution in [2.45, 2.75) is 76.8 Å². The summed E-state index contributed by atoms with van der Waals surface area (Å²) in [7, 11) is -2.17. The van der Waals surface area contributed by atoms with Gasteiger partial charge in [-0.15, -0.1) is 0 Å². The highest BCUT2D eigenvalue weighted by Crippen LogP contribution is 2.42. The Bertz CT molecular complexity index is 834. The van der Waals surface area contributed by atoms with Crippen molar-refractivity contribution in [3.8, 4) is 0 Å². The summed E-state index contributed by atoms with van der Waals surface area (Å²) in [5, 5.41) is 0. The van der Waals surface area contributed by atoms with Crippen molar-refractivity contribution in [1.29, 1.82) is 0 Å². The second-order valence-corrected chi connectivity index (χ2v) is 17.7. The zero-order valence-electron chi connectivity index (χ0n) is 18.1. The van der Waals surface area contributed by atoms with E-state index in [1.54, 1.807) is 0 Å². The van der Waals surface area contributed by atoms with Gasteiger partial charge in [-0.2, -0.15) is 0 Å². The molecule has 0 spiro atoms. The predicted molar refractivity (Wildman–Crippen MR) is 120 cm³/mol. The summed E-state index contributed by atoms with van der Waals surface area (Å²) in [5.74, 6) is 0.563. The van der Waals surface area contributed by atoms with Gasteiger partial charge in [0.15, 0.2) is 0 Å². The zero-order valence-corrected chi connectivity index (χ0v) is 19.9. The van der Waals surface area contributed by atoms with Gasteiger partial charge in [0.05, 0.1) is 33.1 Å². The summed E-state index contributed by atoms with van der Waals surface area (Å²) in [4.78, 5) is 4.52. The van der Waals surface area contributed by atoms with Crippen LogP contribution < -0.4 is 4.72 Å². The Morgan fingerprint density at radius 3 is 2.64 bits per heavy atom. The van der Waals surface area contributed by atoms with E-state index in [2.05, 4.69) is 52.1 Å². The van der Waals surface area contributed by atoms with Crippen LogP contribution in [0.5, 0.6) is 0 Å². The number of benzene rings is 1. The summed E-state index contributed by atoms with van der Waals surface area (Å²) in [6.07, 6.45) is 4.24. The first-order valence-corrected chi connectivity index (χ1v) is 15.1. The number of rotatable bonds is 9. The molecule has 1 N–H and O–H groups in total. The summed E-state index contributed by atoms with van der Waals surface area (Å²) in [5.41, 5.74) is 3.25. The van der Waals surface area contributed by atoms with Gasteiger partial charge in [-0.1, -0.05) is 25.7 Å². The molecular weight excluding hydrogens is 386 g/mol. The highest BCUT2D eigenvalue weighted by atomic mass is 32.2. The molecule has 1 aromatic heterocycles. The number of nitrogens with one attached hydrogen (secondary N) is 1. The van der Waals surface area contributed by atoms with Crippen LogP contribution in [0, 0.1) is 5.92 Å². The minimum atomic E-state index is -1.09. The molecule has 1 fully saturated rings. The van der Waals surface area contributed by atoms with Crippen molar-refractivity contribution in [3.05, 3.63) is 30.1 Å². The van der Waals surface area contributed by atoms with E-state index in [1.165, 1.54) is 18.4 Å². The molecule has 0 unspecified atom stereocenters. The maximum Gasteiger partial charge on any atom is 0.124 e. The first kappa shape index (κ1) is 21.7. The SMILES string of the molecule is CC(C)(C)[S@](=O)N[C@@H](c1ccc2ncn(COCC[Si](C)(C)C)c2c1)C1CC1. The molecule has 0 saturated heterocycles. The lowest BCUT2D eigenvalue weighted by molar-refractivity contribution is 0.0898. The minimum Gasteiger partial charge on any atom is -0.361 e. The van der Waals surface area contributed by atoms with Crippen LogP contribution in [0.15, 0.2) is 24.5 Å². The molecule has 156 valence electrons. The van der Waals surface area contributed by atoms with Crippen molar-refractivity contribution >= 4 is 30.1 Å². The molecule has 1 aliphatic carbocycles. The van der Waals surface area contributed by atoms with Gasteiger partial charge in [0.2, 0.25) is 0 Å². The fraction of sp³-hybridized carbons (Fsp3) is 0.667. The van der Waals surface area contributed by atoms with Crippen LogP contribution in [-0.2, 0) is 22.5 Å². The lowest BCUT2D eigenvalue weighted by Gasteiger charge is -2.24. The maximum absolute atomic E-state index is 12.7. The highest BCUT2D eigenvalue weighted by molar-refractivity contribution is 7.84. The minimum absolute atomic E-state index is 0.126. The van der Waals surface area contributed by atoms with Crippen LogP contribution >= 0.6 is 0 Å². The van der Waals surface area contributed by atoms with Gasteiger partial charge < -0.3 is 9.30 Å². The fourth-order valence-electron chi connectivity index (χ4n) is 3.07. The Morgan fingerprint density at radius 2 is 2.04 bits per heavy atom. The van der Waals surface area contributed by atoms with E-state index in [0.29, 0.717) is 12.6 Å². The summed E-state index contributed by atoms with van der Waals surface area (Å²) in [6.45, 7) is 14.4. The second-order valence-electron chi connectivity index (χ2n) is 10.1. The van der Waals surface area contributed by atoms with Crippen LogP contribution in [-0.4, -0.2) is 33.2 Å². The molecule has 1 aromatic carbocycles. The van der Waals surface area contributed by atoms with Crippen molar-refractivity contribution in [2.75, 3.05) is 6.61 Å². The third-order valence-electron chi connectivity index (χ3n) is 5.11. The molecule has 1 heterocycles. The summed E-state index contributed by atoms with van der Waals surface area (Å²) < 4.78 is 23.8. The largest absolute Gasteiger partial charge is 0.361 e. The van der Waals surface area contributed by atoms with Gasteiger partial charge in [0.1, 0.15) is 6.73 Å². The van der Waals surface area contributed by atoms with Crippen molar-refractivity contribution < 1.29 is 8.95 Å². The second kappa shape index (κ2) is 8.38.